The highest BCUT2D eigenvalue weighted by molar-refractivity contribution is 5.08. The van der Waals surface area contributed by atoms with E-state index in [4.69, 9.17) is 0 Å². The molecular formula is C8H15N. The van der Waals surface area contributed by atoms with Crippen LogP contribution in [0.4, 0.5) is 0 Å². The van der Waals surface area contributed by atoms with E-state index in [1.807, 2.05) is 0 Å². The average molecular weight is 125 g/mol. The zero-order valence-corrected chi connectivity index (χ0v) is 6.11. The van der Waals surface area contributed by atoms with Crippen molar-refractivity contribution in [1.29, 1.82) is 0 Å². The zero-order chi connectivity index (χ0) is 6.32. The molecule has 2 unspecified atom stereocenters. The number of fused-ring (bicyclic) bond motifs is 1. The number of rotatable bonds is 2. The van der Waals surface area contributed by atoms with Crippen LogP contribution in [0.1, 0.15) is 26.2 Å². The van der Waals surface area contributed by atoms with E-state index in [9.17, 15) is 0 Å². The monoisotopic (exact) mass is 125 g/mol. The number of hydrogen-bond donors (Lipinski definition) is 1. The van der Waals surface area contributed by atoms with E-state index in [1.165, 1.54) is 32.4 Å². The van der Waals surface area contributed by atoms with Crippen LogP contribution < -0.4 is 5.32 Å². The predicted octanol–water partition coefficient (Wildman–Crippen LogP) is 1.40. The summed E-state index contributed by atoms with van der Waals surface area (Å²) >= 11 is 0. The first-order valence-corrected chi connectivity index (χ1v) is 4.08. The minimum absolute atomic E-state index is 0.800. The fourth-order valence-electron chi connectivity index (χ4n) is 2.32. The van der Waals surface area contributed by atoms with Gasteiger partial charge < -0.3 is 5.32 Å². The van der Waals surface area contributed by atoms with Gasteiger partial charge in [-0.1, -0.05) is 13.3 Å². The quantitative estimate of drug-likeness (QED) is 0.588. The van der Waals surface area contributed by atoms with Gasteiger partial charge in [-0.2, -0.15) is 0 Å². The molecule has 1 saturated heterocycles. The lowest BCUT2D eigenvalue weighted by Crippen LogP contribution is -2.15. The maximum Gasteiger partial charge on any atom is 0.00112 e. The van der Waals surface area contributed by atoms with Crippen LogP contribution in [-0.2, 0) is 0 Å². The van der Waals surface area contributed by atoms with Crippen LogP contribution in [0.15, 0.2) is 0 Å². The second-order valence-electron chi connectivity index (χ2n) is 3.64. The number of piperidine rings is 1. The molecule has 2 rings (SSSR count). The second kappa shape index (κ2) is 1.72. The molecule has 0 bridgehead atoms. The summed E-state index contributed by atoms with van der Waals surface area (Å²) in [4.78, 5) is 0. The van der Waals surface area contributed by atoms with Gasteiger partial charge in [0.2, 0.25) is 0 Å². The molecule has 0 amide bonds. The summed E-state index contributed by atoms with van der Waals surface area (Å²) in [6, 6.07) is 0. The SMILES string of the molecule is CCCC12CNCC1C2. The Morgan fingerprint density at radius 2 is 2.56 bits per heavy atom. The lowest BCUT2D eigenvalue weighted by Gasteiger charge is -2.07. The van der Waals surface area contributed by atoms with Gasteiger partial charge in [-0.15, -0.1) is 0 Å². The van der Waals surface area contributed by atoms with Gasteiger partial charge in [0.05, 0.1) is 0 Å². The summed E-state index contributed by atoms with van der Waals surface area (Å²) < 4.78 is 0. The van der Waals surface area contributed by atoms with Crippen molar-refractivity contribution in [2.24, 2.45) is 11.3 Å². The van der Waals surface area contributed by atoms with Crippen molar-refractivity contribution in [1.82, 2.24) is 5.32 Å². The van der Waals surface area contributed by atoms with E-state index in [-0.39, 0.29) is 0 Å². The van der Waals surface area contributed by atoms with Gasteiger partial charge in [0.25, 0.3) is 0 Å². The molecule has 1 saturated carbocycles. The first kappa shape index (κ1) is 5.72. The van der Waals surface area contributed by atoms with Gasteiger partial charge in [0.1, 0.15) is 0 Å². The molecule has 0 aromatic heterocycles. The summed E-state index contributed by atoms with van der Waals surface area (Å²) in [6.45, 7) is 4.91. The molecule has 2 atom stereocenters. The maximum absolute atomic E-state index is 3.45. The maximum atomic E-state index is 3.45. The van der Waals surface area contributed by atoms with Crippen molar-refractivity contribution in [3.63, 3.8) is 0 Å². The minimum Gasteiger partial charge on any atom is -0.316 e. The van der Waals surface area contributed by atoms with Gasteiger partial charge in [0.15, 0.2) is 0 Å². The highest BCUT2D eigenvalue weighted by Crippen LogP contribution is 2.57. The van der Waals surface area contributed by atoms with Crippen LogP contribution in [-0.4, -0.2) is 13.1 Å². The molecule has 52 valence electrons. The zero-order valence-electron chi connectivity index (χ0n) is 6.11. The van der Waals surface area contributed by atoms with Crippen LogP contribution in [0.5, 0.6) is 0 Å². The van der Waals surface area contributed by atoms with E-state index in [1.54, 1.807) is 0 Å². The van der Waals surface area contributed by atoms with Gasteiger partial charge in [0, 0.05) is 6.54 Å². The number of hydrogen-bond acceptors (Lipinski definition) is 1. The van der Waals surface area contributed by atoms with Crippen LogP contribution >= 0.6 is 0 Å². The fourth-order valence-corrected chi connectivity index (χ4v) is 2.32. The Bertz CT molecular complexity index is 122. The van der Waals surface area contributed by atoms with Crippen molar-refractivity contribution in [3.8, 4) is 0 Å². The standard InChI is InChI=1S/C8H15N/c1-2-3-8-4-7(8)5-9-6-8/h7,9H,2-6H2,1H3. The highest BCUT2D eigenvalue weighted by atomic mass is 15.0. The van der Waals surface area contributed by atoms with E-state index in [2.05, 4.69) is 12.2 Å². The third kappa shape index (κ3) is 0.710. The molecule has 0 spiro atoms. The normalized spacial score (nSPS) is 47.0. The lowest BCUT2D eigenvalue weighted by molar-refractivity contribution is 0.464. The molecule has 0 aromatic rings. The Morgan fingerprint density at radius 1 is 1.67 bits per heavy atom. The topological polar surface area (TPSA) is 12.0 Å². The summed E-state index contributed by atoms with van der Waals surface area (Å²) in [6.07, 6.45) is 4.36. The minimum atomic E-state index is 0.800. The van der Waals surface area contributed by atoms with Crippen molar-refractivity contribution < 1.29 is 0 Å². The van der Waals surface area contributed by atoms with Crippen LogP contribution in [0.2, 0.25) is 0 Å². The van der Waals surface area contributed by atoms with Crippen LogP contribution in [0, 0.1) is 11.3 Å². The Kier molecular flexibility index (Phi) is 1.10. The highest BCUT2D eigenvalue weighted by Gasteiger charge is 2.55. The molecule has 0 aromatic carbocycles. The molecular weight excluding hydrogens is 110 g/mol. The van der Waals surface area contributed by atoms with E-state index in [0.29, 0.717) is 0 Å². The molecule has 1 N–H and O–H groups in total. The smallest absolute Gasteiger partial charge is 0.00112 e. The summed E-state index contributed by atoms with van der Waals surface area (Å²) in [5.41, 5.74) is 0.800. The largest absolute Gasteiger partial charge is 0.316 e. The van der Waals surface area contributed by atoms with E-state index in [0.717, 1.165) is 11.3 Å². The Morgan fingerprint density at radius 3 is 3.00 bits per heavy atom. The average Bonchev–Trinajstić information content (AvgIpc) is 2.37. The summed E-state index contributed by atoms with van der Waals surface area (Å²) in [5, 5.41) is 3.45. The molecule has 2 fully saturated rings. The Balaban J connectivity index is 1.95. The second-order valence-corrected chi connectivity index (χ2v) is 3.64. The van der Waals surface area contributed by atoms with E-state index >= 15 is 0 Å². The van der Waals surface area contributed by atoms with Crippen molar-refractivity contribution in [2.75, 3.05) is 13.1 Å². The molecule has 1 heterocycles. The molecule has 2 aliphatic rings. The van der Waals surface area contributed by atoms with Crippen LogP contribution in [0.25, 0.3) is 0 Å². The van der Waals surface area contributed by atoms with Crippen molar-refractivity contribution >= 4 is 0 Å². The molecule has 1 aliphatic carbocycles. The van der Waals surface area contributed by atoms with Crippen molar-refractivity contribution in [2.45, 2.75) is 26.2 Å². The number of nitrogens with one attached hydrogen (secondary N) is 1. The lowest BCUT2D eigenvalue weighted by atomic mass is 10.0. The van der Waals surface area contributed by atoms with Gasteiger partial charge >= 0.3 is 0 Å². The molecule has 1 nitrogen and oxygen atoms in total. The first-order valence-electron chi connectivity index (χ1n) is 4.08. The Hall–Kier alpha value is -0.0400. The molecule has 9 heavy (non-hydrogen) atoms. The third-order valence-electron chi connectivity index (χ3n) is 2.97. The van der Waals surface area contributed by atoms with Crippen molar-refractivity contribution in [3.05, 3.63) is 0 Å². The summed E-state index contributed by atoms with van der Waals surface area (Å²) in [5.74, 6) is 1.07. The Labute approximate surface area is 56.8 Å². The third-order valence-corrected chi connectivity index (χ3v) is 2.97. The molecule has 1 heteroatoms. The molecule has 1 aliphatic heterocycles. The van der Waals surface area contributed by atoms with Gasteiger partial charge in [-0.05, 0) is 30.7 Å². The van der Waals surface area contributed by atoms with Crippen LogP contribution in [0.3, 0.4) is 0 Å². The fraction of sp³-hybridized carbons (Fsp3) is 1.00. The van der Waals surface area contributed by atoms with E-state index < -0.39 is 0 Å². The predicted molar refractivity (Wildman–Crippen MR) is 38.3 cm³/mol. The first-order chi connectivity index (χ1) is 4.37. The molecule has 0 radical (unpaired) electrons. The summed E-state index contributed by atoms with van der Waals surface area (Å²) in [7, 11) is 0. The van der Waals surface area contributed by atoms with Gasteiger partial charge in [-0.25, -0.2) is 0 Å². The van der Waals surface area contributed by atoms with Gasteiger partial charge in [-0.3, -0.25) is 0 Å².